The van der Waals surface area contributed by atoms with Crippen LogP contribution in [-0.4, -0.2) is 26.3 Å². The molecule has 0 saturated heterocycles. The third-order valence-corrected chi connectivity index (χ3v) is 4.13. The van der Waals surface area contributed by atoms with Gasteiger partial charge in [0.1, 0.15) is 16.6 Å². The maximum Gasteiger partial charge on any atom is 0.412 e. The van der Waals surface area contributed by atoms with Crippen molar-refractivity contribution in [1.29, 1.82) is 0 Å². The fourth-order valence-electron chi connectivity index (χ4n) is 2.73. The van der Waals surface area contributed by atoms with E-state index >= 15 is 0 Å². The second-order valence-corrected chi connectivity index (χ2v) is 7.79. The summed E-state index contributed by atoms with van der Waals surface area (Å²) < 4.78 is 7.03. The average Bonchev–Trinajstić information content (AvgIpc) is 3.01. The third-order valence-electron chi connectivity index (χ3n) is 3.94. The van der Waals surface area contributed by atoms with Gasteiger partial charge in [-0.15, -0.1) is 0 Å². The number of benzene rings is 1. The van der Waals surface area contributed by atoms with Crippen LogP contribution in [0.25, 0.3) is 5.65 Å². The Morgan fingerprint density at radius 1 is 1.29 bits per heavy atom. The Hall–Kier alpha value is -2.80. The van der Waals surface area contributed by atoms with Crippen molar-refractivity contribution in [2.24, 2.45) is 0 Å². The van der Waals surface area contributed by atoms with Crippen LogP contribution in [0.15, 0.2) is 36.5 Å². The molecule has 0 saturated carbocycles. The Bertz CT molecular complexity index is 994. The van der Waals surface area contributed by atoms with Crippen LogP contribution in [0.5, 0.6) is 0 Å². The molecular formula is C20H24ClN5O2. The molecule has 1 amide bonds. The summed E-state index contributed by atoms with van der Waals surface area (Å²) in [5.41, 5.74) is 2.89. The molecule has 0 aliphatic rings. The fourth-order valence-corrected chi connectivity index (χ4v) is 2.91. The topological polar surface area (TPSA) is 80.5 Å². The van der Waals surface area contributed by atoms with Gasteiger partial charge in [0, 0.05) is 23.9 Å². The molecule has 0 atom stereocenters. The summed E-state index contributed by atoms with van der Waals surface area (Å²) in [5, 5.41) is 10.9. The predicted molar refractivity (Wildman–Crippen MR) is 111 cm³/mol. The number of carbonyl (C=O) groups is 1. The Morgan fingerprint density at radius 3 is 2.79 bits per heavy atom. The molecule has 2 aromatic heterocycles. The van der Waals surface area contributed by atoms with E-state index in [1.165, 1.54) is 0 Å². The first-order chi connectivity index (χ1) is 13.2. The Balaban J connectivity index is 1.73. The number of amides is 1. The first-order valence-electron chi connectivity index (χ1n) is 9.11. The zero-order chi connectivity index (χ0) is 20.3. The molecule has 3 rings (SSSR count). The van der Waals surface area contributed by atoms with E-state index in [0.717, 1.165) is 29.0 Å². The number of aryl methyl sites for hydroxylation is 1. The van der Waals surface area contributed by atoms with Crippen molar-refractivity contribution in [2.45, 2.75) is 46.3 Å². The van der Waals surface area contributed by atoms with Crippen molar-refractivity contribution in [3.05, 3.63) is 52.8 Å². The summed E-state index contributed by atoms with van der Waals surface area (Å²) in [6.07, 6.45) is 2.15. The van der Waals surface area contributed by atoms with Crippen molar-refractivity contribution in [2.75, 3.05) is 10.6 Å². The number of nitrogens with zero attached hydrogens (tertiary/aromatic N) is 3. The highest BCUT2D eigenvalue weighted by molar-refractivity contribution is 6.29. The van der Waals surface area contributed by atoms with Gasteiger partial charge in [-0.3, -0.25) is 5.32 Å². The molecule has 0 spiro atoms. The Morgan fingerprint density at radius 2 is 2.07 bits per heavy atom. The zero-order valence-electron chi connectivity index (χ0n) is 16.4. The van der Waals surface area contributed by atoms with E-state index in [2.05, 4.69) is 27.6 Å². The second kappa shape index (κ2) is 8.06. The zero-order valence-corrected chi connectivity index (χ0v) is 17.2. The maximum atomic E-state index is 12.0. The highest BCUT2D eigenvalue weighted by atomic mass is 35.5. The van der Waals surface area contributed by atoms with Gasteiger partial charge < -0.3 is 10.1 Å². The first kappa shape index (κ1) is 19.9. The number of ether oxygens (including phenoxy) is 1. The summed E-state index contributed by atoms with van der Waals surface area (Å²) in [7, 11) is 0. The summed E-state index contributed by atoms with van der Waals surface area (Å²) >= 11 is 6.17. The molecule has 8 heteroatoms. The highest BCUT2D eigenvalue weighted by Gasteiger charge is 2.16. The molecular weight excluding hydrogens is 378 g/mol. The van der Waals surface area contributed by atoms with Gasteiger partial charge in [-0.2, -0.15) is 9.61 Å². The molecule has 0 bridgehead atoms. The van der Waals surface area contributed by atoms with E-state index in [4.69, 9.17) is 16.3 Å². The van der Waals surface area contributed by atoms with Crippen molar-refractivity contribution >= 4 is 34.8 Å². The number of hydrogen-bond donors (Lipinski definition) is 2. The van der Waals surface area contributed by atoms with Crippen molar-refractivity contribution < 1.29 is 9.53 Å². The molecule has 2 heterocycles. The minimum Gasteiger partial charge on any atom is -0.444 e. The van der Waals surface area contributed by atoms with Gasteiger partial charge in [0.05, 0.1) is 6.20 Å². The number of nitrogens with one attached hydrogen (secondary N) is 2. The molecule has 0 aliphatic carbocycles. The molecule has 28 heavy (non-hydrogen) atoms. The van der Waals surface area contributed by atoms with Crippen LogP contribution in [0.4, 0.5) is 16.3 Å². The lowest BCUT2D eigenvalue weighted by Gasteiger charge is -2.19. The fraction of sp³-hybridized carbons (Fsp3) is 0.350. The number of anilines is 2. The van der Waals surface area contributed by atoms with Gasteiger partial charge in [0.25, 0.3) is 0 Å². The smallest absolute Gasteiger partial charge is 0.412 e. The number of rotatable bonds is 5. The van der Waals surface area contributed by atoms with Crippen LogP contribution in [0.1, 0.15) is 38.8 Å². The summed E-state index contributed by atoms with van der Waals surface area (Å²) in [6.45, 7) is 8.06. The molecule has 3 aromatic rings. The molecule has 0 aliphatic heterocycles. The van der Waals surface area contributed by atoms with Crippen LogP contribution in [0, 0.1) is 0 Å². The van der Waals surface area contributed by atoms with Gasteiger partial charge >= 0.3 is 6.09 Å². The molecule has 0 fully saturated rings. The molecule has 0 radical (unpaired) electrons. The minimum atomic E-state index is -0.545. The lowest BCUT2D eigenvalue weighted by molar-refractivity contribution is 0.0636. The van der Waals surface area contributed by atoms with Gasteiger partial charge in [-0.05, 0) is 44.9 Å². The molecule has 1 aromatic carbocycles. The van der Waals surface area contributed by atoms with Crippen molar-refractivity contribution in [1.82, 2.24) is 14.6 Å². The minimum absolute atomic E-state index is 0.408. The lowest BCUT2D eigenvalue weighted by atomic mass is 10.2. The van der Waals surface area contributed by atoms with Crippen LogP contribution in [0.2, 0.25) is 5.15 Å². The predicted octanol–water partition coefficient (Wildman–Crippen LogP) is 4.90. The van der Waals surface area contributed by atoms with Gasteiger partial charge in [0.2, 0.25) is 0 Å². The standard InChI is InChI=1S/C20H24ClN5O2/c1-5-14-12-23-26-17(10-16(21)25-18(14)26)22-11-13-7-6-8-15(9-13)24-19(27)28-20(2,3)4/h6-10,12,22H,5,11H2,1-4H3,(H,24,27). The quantitative estimate of drug-likeness (QED) is 0.594. The number of carbonyl (C=O) groups excluding carboxylic acids is 1. The normalized spacial score (nSPS) is 11.5. The molecule has 7 nitrogen and oxygen atoms in total. The summed E-state index contributed by atoms with van der Waals surface area (Å²) in [4.78, 5) is 16.3. The third kappa shape index (κ3) is 4.92. The van der Waals surface area contributed by atoms with Crippen LogP contribution < -0.4 is 10.6 Å². The molecule has 0 unspecified atom stereocenters. The Kier molecular flexibility index (Phi) is 5.74. The number of fused-ring (bicyclic) bond motifs is 1. The van der Waals surface area contributed by atoms with E-state index < -0.39 is 11.7 Å². The number of aromatic nitrogens is 3. The van der Waals surface area contributed by atoms with E-state index in [9.17, 15) is 4.79 Å². The largest absolute Gasteiger partial charge is 0.444 e. The average molecular weight is 402 g/mol. The summed E-state index contributed by atoms with van der Waals surface area (Å²) in [6, 6.07) is 9.28. The maximum absolute atomic E-state index is 12.0. The van der Waals surface area contributed by atoms with E-state index in [0.29, 0.717) is 17.4 Å². The SMILES string of the molecule is CCc1cnn2c(NCc3cccc(NC(=O)OC(C)(C)C)c3)cc(Cl)nc12. The van der Waals surface area contributed by atoms with E-state index in [1.807, 2.05) is 45.0 Å². The second-order valence-electron chi connectivity index (χ2n) is 7.40. The molecule has 2 N–H and O–H groups in total. The van der Waals surface area contributed by atoms with E-state index in [1.54, 1.807) is 16.8 Å². The van der Waals surface area contributed by atoms with Gasteiger partial charge in [0.15, 0.2) is 5.65 Å². The van der Waals surface area contributed by atoms with Crippen LogP contribution >= 0.6 is 11.6 Å². The Labute approximate surface area is 169 Å². The van der Waals surface area contributed by atoms with Crippen LogP contribution in [0.3, 0.4) is 0 Å². The van der Waals surface area contributed by atoms with Crippen molar-refractivity contribution in [3.63, 3.8) is 0 Å². The van der Waals surface area contributed by atoms with Crippen LogP contribution in [-0.2, 0) is 17.7 Å². The first-order valence-corrected chi connectivity index (χ1v) is 9.49. The van der Waals surface area contributed by atoms with Gasteiger partial charge in [-0.1, -0.05) is 30.7 Å². The highest BCUT2D eigenvalue weighted by Crippen LogP contribution is 2.20. The molecule has 148 valence electrons. The van der Waals surface area contributed by atoms with Crippen molar-refractivity contribution in [3.8, 4) is 0 Å². The monoisotopic (exact) mass is 401 g/mol. The van der Waals surface area contributed by atoms with E-state index in [-0.39, 0.29) is 0 Å². The lowest BCUT2D eigenvalue weighted by Crippen LogP contribution is -2.27. The summed E-state index contributed by atoms with van der Waals surface area (Å²) in [5.74, 6) is 0.750. The van der Waals surface area contributed by atoms with Gasteiger partial charge in [-0.25, -0.2) is 9.78 Å². The number of halogens is 1. The number of hydrogen-bond acceptors (Lipinski definition) is 5.